The van der Waals surface area contributed by atoms with Gasteiger partial charge in [-0.25, -0.2) is 4.79 Å². The fourth-order valence-corrected chi connectivity index (χ4v) is 4.18. The molecule has 0 bridgehead atoms. The van der Waals surface area contributed by atoms with Gasteiger partial charge in [0.05, 0.1) is 0 Å². The van der Waals surface area contributed by atoms with E-state index in [1.165, 1.54) is 4.90 Å². The number of alkyl carbamates (subject to hydrolysis) is 1. The van der Waals surface area contributed by atoms with Gasteiger partial charge in [0.2, 0.25) is 5.91 Å². The first-order valence-electron chi connectivity index (χ1n) is 12.6. The molecule has 0 fully saturated rings. The van der Waals surface area contributed by atoms with Crippen LogP contribution in [-0.2, 0) is 14.3 Å². The first kappa shape index (κ1) is 27.7. The summed E-state index contributed by atoms with van der Waals surface area (Å²) in [6, 6.07) is 21.0. The van der Waals surface area contributed by atoms with E-state index in [1.807, 2.05) is 86.6 Å². The number of carbonyl (C=O) groups excluding carboxylic acids is 3. The largest absolute Gasteiger partial charge is 0.444 e. The Morgan fingerprint density at radius 1 is 0.892 bits per heavy atom. The molecule has 0 spiro atoms. The summed E-state index contributed by atoms with van der Waals surface area (Å²) in [5.41, 5.74) is 0.599. The van der Waals surface area contributed by atoms with Crippen LogP contribution in [0.4, 0.5) is 10.5 Å². The molecule has 3 rings (SSSR count). The van der Waals surface area contributed by atoms with E-state index in [1.54, 1.807) is 27.8 Å². The Morgan fingerprint density at radius 2 is 1.51 bits per heavy atom. The van der Waals surface area contributed by atoms with E-state index in [-0.39, 0.29) is 17.7 Å². The molecule has 0 aliphatic carbocycles. The second kappa shape index (κ2) is 11.9. The number of nitrogens with zero attached hydrogens (tertiary/aromatic N) is 1. The third-order valence-electron chi connectivity index (χ3n) is 5.81. The number of anilines is 1. The van der Waals surface area contributed by atoms with Crippen LogP contribution in [0.5, 0.6) is 0 Å². The van der Waals surface area contributed by atoms with Crippen LogP contribution in [0.3, 0.4) is 0 Å². The van der Waals surface area contributed by atoms with Crippen LogP contribution < -0.4 is 10.6 Å². The van der Waals surface area contributed by atoms with Crippen molar-refractivity contribution < 1.29 is 19.1 Å². The van der Waals surface area contributed by atoms with Gasteiger partial charge >= 0.3 is 6.09 Å². The highest BCUT2D eigenvalue weighted by atomic mass is 16.6. The summed E-state index contributed by atoms with van der Waals surface area (Å²) in [5, 5.41) is 7.76. The first-order valence-corrected chi connectivity index (χ1v) is 12.6. The highest BCUT2D eigenvalue weighted by Gasteiger charge is 2.34. The highest BCUT2D eigenvalue weighted by molar-refractivity contribution is 6.00. The zero-order valence-electron chi connectivity index (χ0n) is 22.4. The fraction of sp³-hybridized carbons (Fsp3) is 0.367. The number of hydrogen-bond donors (Lipinski definition) is 2. The molecular formula is C30H37N3O4. The van der Waals surface area contributed by atoms with Gasteiger partial charge in [0, 0.05) is 12.7 Å². The lowest BCUT2D eigenvalue weighted by Crippen LogP contribution is -2.51. The Balaban J connectivity index is 1.88. The maximum Gasteiger partial charge on any atom is 0.408 e. The highest BCUT2D eigenvalue weighted by Crippen LogP contribution is 2.25. The van der Waals surface area contributed by atoms with Crippen LogP contribution in [0.1, 0.15) is 52.6 Å². The minimum absolute atomic E-state index is 0.124. The molecule has 3 aromatic rings. The second-order valence-electron chi connectivity index (χ2n) is 10.6. The first-order chi connectivity index (χ1) is 17.4. The number of ether oxygens (including phenoxy) is 1. The molecule has 0 saturated heterocycles. The molecule has 2 atom stereocenters. The van der Waals surface area contributed by atoms with E-state index in [0.29, 0.717) is 17.7 Å². The predicted octanol–water partition coefficient (Wildman–Crippen LogP) is 5.92. The normalized spacial score (nSPS) is 13.1. The van der Waals surface area contributed by atoms with Crippen molar-refractivity contribution in [2.45, 2.75) is 58.7 Å². The van der Waals surface area contributed by atoms with Crippen molar-refractivity contribution in [3.05, 3.63) is 78.4 Å². The smallest absolute Gasteiger partial charge is 0.408 e. The molecule has 3 amide bonds. The molecule has 0 aliphatic heterocycles. The lowest BCUT2D eigenvalue weighted by molar-refractivity contribution is -0.139. The molecule has 3 aromatic carbocycles. The third-order valence-corrected chi connectivity index (χ3v) is 5.81. The average molecular weight is 504 g/mol. The van der Waals surface area contributed by atoms with Crippen LogP contribution in [-0.4, -0.2) is 41.5 Å². The molecule has 0 saturated carbocycles. The van der Waals surface area contributed by atoms with Crippen LogP contribution in [0.25, 0.3) is 10.8 Å². The summed E-state index contributed by atoms with van der Waals surface area (Å²) in [4.78, 5) is 41.2. The van der Waals surface area contributed by atoms with Crippen LogP contribution >= 0.6 is 0 Å². The summed E-state index contributed by atoms with van der Waals surface area (Å²) in [7, 11) is 1.59. The van der Waals surface area contributed by atoms with Crippen LogP contribution in [0.2, 0.25) is 0 Å². The Hall–Kier alpha value is -3.87. The topological polar surface area (TPSA) is 87.7 Å². The number of fused-ring (bicyclic) bond motifs is 1. The molecule has 7 heteroatoms. The molecule has 2 N–H and O–H groups in total. The molecule has 0 heterocycles. The molecule has 0 aliphatic rings. The molecule has 37 heavy (non-hydrogen) atoms. The molecule has 2 unspecified atom stereocenters. The van der Waals surface area contributed by atoms with Gasteiger partial charge in [0.15, 0.2) is 0 Å². The molecule has 0 radical (unpaired) electrons. The average Bonchev–Trinajstić information content (AvgIpc) is 2.82. The number of likely N-dealkylation sites (N-methyl/N-ethyl adjacent to an activating group) is 1. The van der Waals surface area contributed by atoms with Crippen LogP contribution in [0.15, 0.2) is 72.8 Å². The Kier molecular flexibility index (Phi) is 8.92. The maximum absolute atomic E-state index is 13.7. The summed E-state index contributed by atoms with van der Waals surface area (Å²) in [6.07, 6.45) is -0.271. The van der Waals surface area contributed by atoms with Gasteiger partial charge in [-0.3, -0.25) is 9.59 Å². The van der Waals surface area contributed by atoms with E-state index in [4.69, 9.17) is 4.74 Å². The Labute approximate surface area is 219 Å². The molecule has 0 aromatic heterocycles. The minimum atomic E-state index is -0.907. The van der Waals surface area contributed by atoms with E-state index in [9.17, 15) is 14.4 Å². The van der Waals surface area contributed by atoms with Crippen molar-refractivity contribution in [3.8, 4) is 0 Å². The number of carbonyl (C=O) groups is 3. The Morgan fingerprint density at radius 3 is 2.14 bits per heavy atom. The standard InChI is InChI=1S/C30H37N3O4/c1-20(2)18-25(32-29(36)37-30(3,4)5)28(35)33(6)26(22-13-8-7-9-14-22)27(34)31-24-17-16-21-12-10-11-15-23(21)19-24/h7-17,19-20,25-26H,18H2,1-6H3,(H,31,34)(H,32,36). The van der Waals surface area contributed by atoms with Crippen molar-refractivity contribution >= 4 is 34.4 Å². The summed E-state index contributed by atoms with van der Waals surface area (Å²) >= 11 is 0. The van der Waals surface area contributed by atoms with Gasteiger partial charge in [-0.1, -0.05) is 74.5 Å². The van der Waals surface area contributed by atoms with Gasteiger partial charge in [0.25, 0.3) is 5.91 Å². The SMILES string of the molecule is CC(C)CC(NC(=O)OC(C)(C)C)C(=O)N(C)C(C(=O)Nc1ccc2ccccc2c1)c1ccccc1. The molecule has 196 valence electrons. The lowest BCUT2D eigenvalue weighted by atomic mass is 9.99. The number of hydrogen-bond acceptors (Lipinski definition) is 4. The van der Waals surface area contributed by atoms with Gasteiger partial charge in [0.1, 0.15) is 17.7 Å². The van der Waals surface area contributed by atoms with Gasteiger partial charge < -0.3 is 20.3 Å². The number of benzene rings is 3. The fourth-order valence-electron chi connectivity index (χ4n) is 4.18. The minimum Gasteiger partial charge on any atom is -0.444 e. The second-order valence-corrected chi connectivity index (χ2v) is 10.6. The summed E-state index contributed by atoms with van der Waals surface area (Å²) in [6.45, 7) is 9.23. The van der Waals surface area contributed by atoms with Crippen LogP contribution in [0, 0.1) is 5.92 Å². The Bertz CT molecular complexity index is 1230. The number of amides is 3. The van der Waals surface area contributed by atoms with E-state index < -0.39 is 23.8 Å². The van der Waals surface area contributed by atoms with E-state index >= 15 is 0 Å². The molecular weight excluding hydrogens is 466 g/mol. The van der Waals surface area contributed by atoms with Gasteiger partial charge in [-0.2, -0.15) is 0 Å². The van der Waals surface area contributed by atoms with Gasteiger partial charge in [-0.15, -0.1) is 0 Å². The number of nitrogens with one attached hydrogen (secondary N) is 2. The van der Waals surface area contributed by atoms with E-state index in [0.717, 1.165) is 10.8 Å². The monoisotopic (exact) mass is 503 g/mol. The summed E-state index contributed by atoms with van der Waals surface area (Å²) in [5.74, 6) is -0.598. The van der Waals surface area contributed by atoms with Gasteiger partial charge in [-0.05, 0) is 61.6 Å². The van der Waals surface area contributed by atoms with Crippen molar-refractivity contribution in [1.82, 2.24) is 10.2 Å². The lowest BCUT2D eigenvalue weighted by Gasteiger charge is -2.32. The zero-order valence-corrected chi connectivity index (χ0v) is 22.4. The predicted molar refractivity (Wildman–Crippen MR) is 147 cm³/mol. The molecule has 7 nitrogen and oxygen atoms in total. The van der Waals surface area contributed by atoms with Crippen molar-refractivity contribution in [3.63, 3.8) is 0 Å². The summed E-state index contributed by atoms with van der Waals surface area (Å²) < 4.78 is 5.39. The quantitative estimate of drug-likeness (QED) is 0.400. The zero-order chi connectivity index (χ0) is 27.2. The van der Waals surface area contributed by atoms with Crippen molar-refractivity contribution in [1.29, 1.82) is 0 Å². The third kappa shape index (κ3) is 7.81. The van der Waals surface area contributed by atoms with E-state index in [2.05, 4.69) is 10.6 Å². The number of rotatable bonds is 8. The van der Waals surface area contributed by atoms with Crippen molar-refractivity contribution in [2.75, 3.05) is 12.4 Å². The maximum atomic E-state index is 13.7. The van der Waals surface area contributed by atoms with Crippen molar-refractivity contribution in [2.24, 2.45) is 5.92 Å².